The number of carbonyl (C=O) groups is 1. The fraction of sp³-hybridized carbons (Fsp3) is 0.300. The van der Waals surface area contributed by atoms with Crippen LogP contribution in [0, 0.1) is 6.92 Å². The Bertz CT molecular complexity index is 1190. The second-order valence-corrected chi connectivity index (χ2v) is 7.49. The summed E-state index contributed by atoms with van der Waals surface area (Å²) < 4.78 is 43.9. The molecule has 2 bridgehead atoms. The van der Waals surface area contributed by atoms with Crippen molar-refractivity contribution < 1.29 is 22.7 Å². The molecule has 0 aromatic carbocycles. The second kappa shape index (κ2) is 7.39. The molecular weight excluding hydrogens is 427 g/mol. The van der Waals surface area contributed by atoms with Crippen LogP contribution in [0.3, 0.4) is 0 Å². The van der Waals surface area contributed by atoms with Crippen LogP contribution in [0.5, 0.6) is 5.88 Å². The Morgan fingerprint density at radius 2 is 1.94 bits per heavy atom. The highest BCUT2D eigenvalue weighted by Gasteiger charge is 2.44. The number of likely N-dealkylation sites (tertiary alicyclic amines) is 1. The number of piperidine rings is 1. The van der Waals surface area contributed by atoms with Gasteiger partial charge in [0.25, 0.3) is 5.91 Å². The maximum Gasteiger partial charge on any atom is 0.434 e. The largest absolute Gasteiger partial charge is 0.470 e. The number of pyridine rings is 1. The van der Waals surface area contributed by atoms with Crippen LogP contribution >= 0.6 is 0 Å². The smallest absolute Gasteiger partial charge is 0.434 e. The maximum absolute atomic E-state index is 13.4. The number of hydrogen-bond donors (Lipinski definition) is 0. The van der Waals surface area contributed by atoms with Crippen molar-refractivity contribution in [3.8, 4) is 11.6 Å². The molecule has 2 unspecified atom stereocenters. The Hall–Kier alpha value is -3.83. The number of carbonyl (C=O) groups excluding carboxylic acids is 1. The molecule has 1 aliphatic carbocycles. The molecule has 0 saturated carbocycles. The van der Waals surface area contributed by atoms with Crippen LogP contribution in [-0.2, 0) is 6.18 Å². The van der Waals surface area contributed by atoms with Gasteiger partial charge in [0.1, 0.15) is 11.8 Å². The summed E-state index contributed by atoms with van der Waals surface area (Å²) in [6.07, 6.45) is 2.00. The minimum absolute atomic E-state index is 0.0351. The minimum Gasteiger partial charge on any atom is -0.470 e. The Morgan fingerprint density at radius 3 is 2.59 bits per heavy atom. The molecule has 2 atom stereocenters. The molecule has 0 radical (unpaired) electrons. The van der Waals surface area contributed by atoms with Crippen LogP contribution in [-0.4, -0.2) is 59.4 Å². The van der Waals surface area contributed by atoms with E-state index >= 15 is 0 Å². The number of fused-ring (bicyclic) bond motifs is 1. The number of alkyl halides is 3. The number of halogens is 3. The van der Waals surface area contributed by atoms with Crippen molar-refractivity contribution in [3.05, 3.63) is 65.7 Å². The summed E-state index contributed by atoms with van der Waals surface area (Å²) in [5.74, 6) is -0.351. The van der Waals surface area contributed by atoms with Gasteiger partial charge in [0, 0.05) is 18.7 Å². The Kier molecular flexibility index (Phi) is 4.64. The third-order valence-corrected chi connectivity index (χ3v) is 5.29. The minimum atomic E-state index is -4.58. The molecule has 0 saturated heterocycles. The van der Waals surface area contributed by atoms with Crippen molar-refractivity contribution in [2.75, 3.05) is 6.54 Å². The van der Waals surface area contributed by atoms with Crippen molar-refractivity contribution in [2.24, 2.45) is 0 Å². The quantitative estimate of drug-likeness (QED) is 0.571. The molecule has 164 valence electrons. The van der Waals surface area contributed by atoms with E-state index in [1.54, 1.807) is 24.0 Å². The summed E-state index contributed by atoms with van der Waals surface area (Å²) >= 11 is 0. The highest BCUT2D eigenvalue weighted by atomic mass is 19.4. The van der Waals surface area contributed by atoms with Gasteiger partial charge >= 0.3 is 6.18 Å². The molecule has 2 aliphatic rings. The first-order valence-electron chi connectivity index (χ1n) is 9.70. The summed E-state index contributed by atoms with van der Waals surface area (Å²) in [4.78, 5) is 27.9. The van der Waals surface area contributed by atoms with Gasteiger partial charge in [-0.05, 0) is 24.6 Å². The molecule has 5 rings (SSSR count). The zero-order valence-electron chi connectivity index (χ0n) is 16.7. The normalized spacial score (nSPS) is 19.9. The standard InChI is InChI=1S/C20H16F3N7O2/c1-11-2-3-13(30-26-4-5-27-30)18(28-11)19(31)29-10-12-6-14(29)15(7-12)32-17-9-24-16(8-25-17)20(21,22)23/h2-6,8-9,14-15H,7,10H2,1H3. The number of aryl methyl sites for hydroxylation is 1. The van der Waals surface area contributed by atoms with Crippen molar-refractivity contribution in [1.29, 1.82) is 0 Å². The highest BCUT2D eigenvalue weighted by molar-refractivity contribution is 5.96. The Morgan fingerprint density at radius 1 is 1.16 bits per heavy atom. The monoisotopic (exact) mass is 443 g/mol. The van der Waals surface area contributed by atoms with Gasteiger partial charge in [-0.1, -0.05) is 6.08 Å². The lowest BCUT2D eigenvalue weighted by molar-refractivity contribution is -0.141. The van der Waals surface area contributed by atoms with E-state index in [9.17, 15) is 18.0 Å². The van der Waals surface area contributed by atoms with Crippen LogP contribution < -0.4 is 4.74 Å². The predicted octanol–water partition coefficient (Wildman–Crippen LogP) is 2.38. The second-order valence-electron chi connectivity index (χ2n) is 7.49. The molecule has 0 fully saturated rings. The lowest BCUT2D eigenvalue weighted by Crippen LogP contribution is -2.48. The molecule has 32 heavy (non-hydrogen) atoms. The van der Waals surface area contributed by atoms with Gasteiger partial charge in [-0.2, -0.15) is 23.4 Å². The first kappa shape index (κ1) is 20.1. The summed E-state index contributed by atoms with van der Waals surface area (Å²) in [5, 5.41) is 8.18. The number of amides is 1. The van der Waals surface area contributed by atoms with Gasteiger partial charge in [0.05, 0.1) is 30.8 Å². The lowest BCUT2D eigenvalue weighted by Gasteiger charge is -2.33. The SMILES string of the molecule is Cc1ccc(-n2nccn2)c(C(=O)N2CC3=CC2C(Oc2cnc(C(F)(F)F)cn2)C3)n1. The fourth-order valence-electron chi connectivity index (χ4n) is 3.87. The van der Waals surface area contributed by atoms with E-state index in [0.29, 0.717) is 30.5 Å². The number of ether oxygens (including phenoxy) is 1. The Balaban J connectivity index is 1.37. The van der Waals surface area contributed by atoms with E-state index in [4.69, 9.17) is 4.74 Å². The molecule has 1 amide bonds. The highest BCUT2D eigenvalue weighted by Crippen LogP contribution is 2.36. The molecule has 0 spiro atoms. The average molecular weight is 443 g/mol. The molecule has 1 aliphatic heterocycles. The van der Waals surface area contributed by atoms with Crippen LogP contribution in [0.25, 0.3) is 5.69 Å². The third kappa shape index (κ3) is 3.57. The molecule has 4 heterocycles. The van der Waals surface area contributed by atoms with Gasteiger partial charge in [-0.25, -0.2) is 15.0 Å². The van der Waals surface area contributed by atoms with Gasteiger partial charge in [0.2, 0.25) is 5.88 Å². The van der Waals surface area contributed by atoms with E-state index < -0.39 is 24.0 Å². The summed E-state index contributed by atoms with van der Waals surface area (Å²) in [6, 6.07) is 3.09. The molecule has 9 nitrogen and oxygen atoms in total. The van der Waals surface area contributed by atoms with Crippen molar-refractivity contribution in [2.45, 2.75) is 31.7 Å². The van der Waals surface area contributed by atoms with E-state index in [0.717, 1.165) is 11.8 Å². The topological polar surface area (TPSA) is 98.9 Å². The number of hydrogen-bond acceptors (Lipinski definition) is 7. The lowest BCUT2D eigenvalue weighted by atomic mass is 10.1. The molecule has 0 N–H and O–H groups in total. The zero-order valence-corrected chi connectivity index (χ0v) is 16.7. The predicted molar refractivity (Wildman–Crippen MR) is 103 cm³/mol. The summed E-state index contributed by atoms with van der Waals surface area (Å²) in [7, 11) is 0. The van der Waals surface area contributed by atoms with Gasteiger partial charge in [0.15, 0.2) is 11.4 Å². The maximum atomic E-state index is 13.4. The van der Waals surface area contributed by atoms with Gasteiger partial charge in [-0.3, -0.25) is 4.79 Å². The van der Waals surface area contributed by atoms with Gasteiger partial charge in [-0.15, -0.1) is 4.80 Å². The van der Waals surface area contributed by atoms with Crippen LogP contribution in [0.1, 0.15) is 28.3 Å². The fourth-order valence-corrected chi connectivity index (χ4v) is 3.87. The zero-order chi connectivity index (χ0) is 22.5. The van der Waals surface area contributed by atoms with Crippen LogP contribution in [0.15, 0.2) is 48.6 Å². The van der Waals surface area contributed by atoms with E-state index in [1.807, 2.05) is 6.08 Å². The van der Waals surface area contributed by atoms with Crippen molar-refractivity contribution in [1.82, 2.24) is 34.8 Å². The van der Waals surface area contributed by atoms with Crippen molar-refractivity contribution in [3.63, 3.8) is 0 Å². The van der Waals surface area contributed by atoms with E-state index in [1.165, 1.54) is 17.2 Å². The first-order chi connectivity index (χ1) is 15.3. The van der Waals surface area contributed by atoms with E-state index in [-0.39, 0.29) is 17.5 Å². The molecule has 12 heteroatoms. The first-order valence-corrected chi connectivity index (χ1v) is 9.70. The van der Waals surface area contributed by atoms with Crippen LogP contribution in [0.2, 0.25) is 0 Å². The molecule has 3 aromatic rings. The van der Waals surface area contributed by atoms with Crippen molar-refractivity contribution >= 4 is 5.91 Å². The summed E-state index contributed by atoms with van der Waals surface area (Å²) in [5.41, 5.74) is 1.22. The molecular formula is C20H16F3N7O2. The van der Waals surface area contributed by atoms with Gasteiger partial charge < -0.3 is 9.64 Å². The number of aromatic nitrogens is 6. The number of nitrogens with zero attached hydrogens (tertiary/aromatic N) is 7. The average Bonchev–Trinajstić information content (AvgIpc) is 3.50. The third-order valence-electron chi connectivity index (χ3n) is 5.29. The number of rotatable bonds is 4. The van der Waals surface area contributed by atoms with Crippen LogP contribution in [0.4, 0.5) is 13.2 Å². The summed E-state index contributed by atoms with van der Waals surface area (Å²) in [6.45, 7) is 2.20. The molecule has 3 aromatic heterocycles. The van der Waals surface area contributed by atoms with E-state index in [2.05, 4.69) is 25.1 Å². The Labute approximate surface area is 179 Å².